The van der Waals surface area contributed by atoms with Crippen molar-refractivity contribution in [2.45, 2.75) is 32.2 Å². The maximum atomic E-state index is 12.8. The number of amides is 1. The van der Waals surface area contributed by atoms with Crippen LogP contribution in [-0.4, -0.2) is 51.3 Å². The zero-order valence-corrected chi connectivity index (χ0v) is 18.1. The van der Waals surface area contributed by atoms with Gasteiger partial charge in [-0.2, -0.15) is 4.31 Å². The van der Waals surface area contributed by atoms with E-state index in [9.17, 15) is 13.2 Å². The van der Waals surface area contributed by atoms with Crippen molar-refractivity contribution in [1.82, 2.24) is 9.21 Å². The molecule has 0 aliphatic heterocycles. The van der Waals surface area contributed by atoms with Crippen LogP contribution in [0.4, 0.5) is 0 Å². The molecule has 0 unspecified atom stereocenters. The molecule has 0 saturated heterocycles. The highest BCUT2D eigenvalue weighted by molar-refractivity contribution is 7.89. The molecule has 0 heterocycles. The summed E-state index contributed by atoms with van der Waals surface area (Å²) in [5, 5.41) is 0. The summed E-state index contributed by atoms with van der Waals surface area (Å²) in [6.45, 7) is 5.85. The standard InChI is InChI=1S/C21H28N2O4S/c1-15-7-10-20(27-6)18(11-15)13-22(4)21(24)14-23(5)28(25,26)19-9-8-16(2)17(3)12-19/h7-12H,13-14H2,1-6H3. The molecule has 0 fully saturated rings. The van der Waals surface area contributed by atoms with Crippen molar-refractivity contribution in [1.29, 1.82) is 0 Å². The highest BCUT2D eigenvalue weighted by Crippen LogP contribution is 2.22. The lowest BCUT2D eigenvalue weighted by molar-refractivity contribution is -0.130. The van der Waals surface area contributed by atoms with Crippen LogP contribution < -0.4 is 4.74 Å². The zero-order chi connectivity index (χ0) is 21.1. The molecule has 1 amide bonds. The lowest BCUT2D eigenvalue weighted by Gasteiger charge is -2.23. The van der Waals surface area contributed by atoms with Crippen LogP contribution in [0, 0.1) is 20.8 Å². The number of carbonyl (C=O) groups is 1. The Hall–Kier alpha value is -2.38. The van der Waals surface area contributed by atoms with E-state index < -0.39 is 10.0 Å². The Morgan fingerprint density at radius 3 is 2.29 bits per heavy atom. The summed E-state index contributed by atoms with van der Waals surface area (Å²) in [6, 6.07) is 10.7. The number of likely N-dealkylation sites (N-methyl/N-ethyl adjacent to an activating group) is 2. The number of nitrogens with zero attached hydrogens (tertiary/aromatic N) is 2. The van der Waals surface area contributed by atoms with Crippen LogP contribution in [0.25, 0.3) is 0 Å². The van der Waals surface area contributed by atoms with Crippen LogP contribution in [0.3, 0.4) is 0 Å². The molecule has 28 heavy (non-hydrogen) atoms. The monoisotopic (exact) mass is 404 g/mol. The largest absolute Gasteiger partial charge is 0.496 e. The van der Waals surface area contributed by atoms with Gasteiger partial charge in [-0.25, -0.2) is 8.42 Å². The molecule has 0 atom stereocenters. The first kappa shape index (κ1) is 21.9. The number of aryl methyl sites for hydroxylation is 3. The van der Waals surface area contributed by atoms with Gasteiger partial charge >= 0.3 is 0 Å². The van der Waals surface area contributed by atoms with E-state index in [0.717, 1.165) is 26.6 Å². The summed E-state index contributed by atoms with van der Waals surface area (Å²) in [4.78, 5) is 14.3. The van der Waals surface area contributed by atoms with E-state index in [2.05, 4.69) is 0 Å². The second-order valence-corrected chi connectivity index (χ2v) is 9.12. The Morgan fingerprint density at radius 2 is 1.68 bits per heavy atom. The normalized spacial score (nSPS) is 11.5. The van der Waals surface area contributed by atoms with Crippen molar-refractivity contribution in [3.05, 3.63) is 58.7 Å². The van der Waals surface area contributed by atoms with Crippen LogP contribution in [0.5, 0.6) is 5.75 Å². The van der Waals surface area contributed by atoms with E-state index in [0.29, 0.717) is 12.3 Å². The highest BCUT2D eigenvalue weighted by atomic mass is 32.2. The van der Waals surface area contributed by atoms with Crippen molar-refractivity contribution in [2.24, 2.45) is 0 Å². The van der Waals surface area contributed by atoms with Gasteiger partial charge in [0.2, 0.25) is 15.9 Å². The molecule has 2 rings (SSSR count). The number of sulfonamides is 1. The lowest BCUT2D eigenvalue weighted by Crippen LogP contribution is -2.39. The van der Waals surface area contributed by atoms with Gasteiger partial charge < -0.3 is 9.64 Å². The number of ether oxygens (including phenoxy) is 1. The van der Waals surface area contributed by atoms with Gasteiger partial charge in [0.15, 0.2) is 0 Å². The lowest BCUT2D eigenvalue weighted by atomic mass is 10.1. The third kappa shape index (κ3) is 4.91. The Kier molecular flexibility index (Phi) is 6.85. The molecule has 7 heteroatoms. The Labute approximate surface area is 167 Å². The maximum absolute atomic E-state index is 12.8. The van der Waals surface area contributed by atoms with E-state index in [1.165, 1.54) is 11.9 Å². The van der Waals surface area contributed by atoms with Gasteiger partial charge in [0, 0.05) is 26.2 Å². The molecule has 0 N–H and O–H groups in total. The molecule has 0 aliphatic carbocycles. The molecule has 0 radical (unpaired) electrons. The van der Waals surface area contributed by atoms with Gasteiger partial charge in [-0.15, -0.1) is 0 Å². The van der Waals surface area contributed by atoms with E-state index in [4.69, 9.17) is 4.74 Å². The van der Waals surface area contributed by atoms with Crippen LogP contribution in [0.2, 0.25) is 0 Å². The smallest absolute Gasteiger partial charge is 0.243 e. The fourth-order valence-corrected chi connectivity index (χ4v) is 4.03. The Morgan fingerprint density at radius 1 is 1.00 bits per heavy atom. The minimum atomic E-state index is -3.74. The van der Waals surface area contributed by atoms with Crippen LogP contribution in [-0.2, 0) is 21.4 Å². The first-order valence-electron chi connectivity index (χ1n) is 8.97. The predicted octanol–water partition coefficient (Wildman–Crippen LogP) is 2.90. The Balaban J connectivity index is 2.12. The number of methoxy groups -OCH3 is 1. The molecule has 152 valence electrons. The highest BCUT2D eigenvalue weighted by Gasteiger charge is 2.25. The summed E-state index contributed by atoms with van der Waals surface area (Å²) >= 11 is 0. The van der Waals surface area contributed by atoms with Gasteiger partial charge in [0.05, 0.1) is 18.6 Å². The summed E-state index contributed by atoms with van der Waals surface area (Å²) in [6.07, 6.45) is 0. The van der Waals surface area contributed by atoms with Gasteiger partial charge in [0.25, 0.3) is 0 Å². The fourth-order valence-electron chi connectivity index (χ4n) is 2.83. The minimum absolute atomic E-state index is 0.189. The van der Waals surface area contributed by atoms with Crippen molar-refractivity contribution in [3.8, 4) is 5.75 Å². The number of carbonyl (C=O) groups excluding carboxylic acids is 1. The van der Waals surface area contributed by atoms with Crippen molar-refractivity contribution < 1.29 is 17.9 Å². The number of hydrogen-bond acceptors (Lipinski definition) is 4. The molecule has 0 bridgehead atoms. The predicted molar refractivity (Wildman–Crippen MR) is 110 cm³/mol. The molecular weight excluding hydrogens is 376 g/mol. The third-order valence-corrected chi connectivity index (χ3v) is 6.61. The minimum Gasteiger partial charge on any atom is -0.496 e. The van der Waals surface area contributed by atoms with E-state index >= 15 is 0 Å². The maximum Gasteiger partial charge on any atom is 0.243 e. The molecule has 0 aliphatic rings. The summed E-state index contributed by atoms with van der Waals surface area (Å²) in [5.74, 6) is 0.403. The van der Waals surface area contributed by atoms with Gasteiger partial charge in [0.1, 0.15) is 5.75 Å². The average Bonchev–Trinajstić information content (AvgIpc) is 2.63. The van der Waals surface area contributed by atoms with Crippen molar-refractivity contribution >= 4 is 15.9 Å². The first-order chi connectivity index (χ1) is 13.1. The second-order valence-electron chi connectivity index (χ2n) is 7.07. The molecule has 0 aromatic heterocycles. The van der Waals surface area contributed by atoms with Gasteiger partial charge in [-0.3, -0.25) is 4.79 Å². The van der Waals surface area contributed by atoms with Crippen molar-refractivity contribution in [3.63, 3.8) is 0 Å². The van der Waals surface area contributed by atoms with Gasteiger partial charge in [-0.05, 0) is 50.1 Å². The topological polar surface area (TPSA) is 66.9 Å². The summed E-state index contributed by atoms with van der Waals surface area (Å²) < 4.78 is 32.0. The quantitative estimate of drug-likeness (QED) is 0.712. The Bertz CT molecular complexity index is 970. The second kappa shape index (κ2) is 8.75. The van der Waals surface area contributed by atoms with Crippen LogP contribution in [0.1, 0.15) is 22.3 Å². The molecule has 0 saturated carbocycles. The van der Waals surface area contributed by atoms with E-state index in [1.807, 2.05) is 39.0 Å². The molecule has 6 nitrogen and oxygen atoms in total. The van der Waals surface area contributed by atoms with Crippen molar-refractivity contribution in [2.75, 3.05) is 27.7 Å². The molecular formula is C21H28N2O4S. The molecule has 0 spiro atoms. The summed E-state index contributed by atoms with van der Waals surface area (Å²) in [7, 11) is 0.919. The molecule has 2 aromatic carbocycles. The van der Waals surface area contributed by atoms with Crippen LogP contribution >= 0.6 is 0 Å². The van der Waals surface area contributed by atoms with E-state index in [1.54, 1.807) is 32.4 Å². The number of hydrogen-bond donors (Lipinski definition) is 0. The molecule has 2 aromatic rings. The zero-order valence-electron chi connectivity index (χ0n) is 17.3. The summed E-state index contributed by atoms with van der Waals surface area (Å²) in [5.41, 5.74) is 3.85. The first-order valence-corrected chi connectivity index (χ1v) is 10.4. The van der Waals surface area contributed by atoms with Gasteiger partial charge in [-0.1, -0.05) is 23.8 Å². The number of benzene rings is 2. The number of rotatable bonds is 7. The SMILES string of the molecule is COc1ccc(C)cc1CN(C)C(=O)CN(C)S(=O)(=O)c1ccc(C)c(C)c1. The average molecular weight is 405 g/mol. The fraction of sp³-hybridized carbons (Fsp3) is 0.381. The third-order valence-electron chi connectivity index (χ3n) is 4.81. The van der Waals surface area contributed by atoms with E-state index in [-0.39, 0.29) is 17.3 Å². The van der Waals surface area contributed by atoms with Crippen LogP contribution in [0.15, 0.2) is 41.3 Å².